The van der Waals surface area contributed by atoms with Crippen LogP contribution in [0.5, 0.6) is 0 Å². The summed E-state index contributed by atoms with van der Waals surface area (Å²) in [6.07, 6.45) is 5.99. The first-order chi connectivity index (χ1) is 10.1. The molecule has 0 aliphatic heterocycles. The molecule has 0 saturated heterocycles. The number of nitrogens with one attached hydrogen (secondary N) is 2. The van der Waals surface area contributed by atoms with Crippen molar-refractivity contribution >= 4 is 17.0 Å². The molecule has 0 bridgehead atoms. The molecule has 0 spiro atoms. The summed E-state index contributed by atoms with van der Waals surface area (Å²) < 4.78 is 5.49. The largest absolute Gasteiger partial charge is 0.462 e. The lowest BCUT2D eigenvalue weighted by Gasteiger charge is -2.18. The molecule has 6 nitrogen and oxygen atoms in total. The first kappa shape index (κ1) is 13.9. The number of aromatic nitrogens is 3. The van der Waals surface area contributed by atoms with Crippen molar-refractivity contribution in [3.05, 3.63) is 28.4 Å². The summed E-state index contributed by atoms with van der Waals surface area (Å²) in [7, 11) is 0. The summed E-state index contributed by atoms with van der Waals surface area (Å²) in [5.74, 6) is 0.376. The minimum absolute atomic E-state index is 0.0990. The van der Waals surface area contributed by atoms with Gasteiger partial charge in [-0.25, -0.2) is 4.98 Å². The average Bonchev–Trinajstić information content (AvgIpc) is 3.02. The number of nitrogens with zero attached hydrogens (tertiary/aromatic N) is 1. The fraction of sp³-hybridized carbons (Fsp3) is 0.533. The van der Waals surface area contributed by atoms with Gasteiger partial charge in [-0.2, -0.15) is 0 Å². The van der Waals surface area contributed by atoms with Crippen molar-refractivity contribution in [2.75, 3.05) is 0 Å². The SMILES string of the molecule is CC[C@@H]1CC(OC(C)=O)[C@H](c2c[nH]c3c(=O)[nH]cnc23)C1. The van der Waals surface area contributed by atoms with Gasteiger partial charge in [-0.1, -0.05) is 13.3 Å². The monoisotopic (exact) mass is 289 g/mol. The predicted octanol–water partition coefficient (Wildman–Crippen LogP) is 2.09. The summed E-state index contributed by atoms with van der Waals surface area (Å²) in [6, 6.07) is 0. The second-order valence-corrected chi connectivity index (χ2v) is 5.70. The van der Waals surface area contributed by atoms with Crippen molar-refractivity contribution in [1.82, 2.24) is 15.0 Å². The lowest BCUT2D eigenvalue weighted by Crippen LogP contribution is -2.19. The van der Waals surface area contributed by atoms with Crippen LogP contribution in [-0.4, -0.2) is 27.0 Å². The average molecular weight is 289 g/mol. The van der Waals surface area contributed by atoms with Crippen molar-refractivity contribution in [1.29, 1.82) is 0 Å². The van der Waals surface area contributed by atoms with Crippen molar-refractivity contribution in [2.24, 2.45) is 5.92 Å². The van der Waals surface area contributed by atoms with Gasteiger partial charge in [0.25, 0.3) is 5.56 Å². The molecule has 0 aromatic carbocycles. The molecule has 2 N–H and O–H groups in total. The van der Waals surface area contributed by atoms with Crippen molar-refractivity contribution in [2.45, 2.75) is 45.1 Å². The molecule has 1 saturated carbocycles. The summed E-state index contributed by atoms with van der Waals surface area (Å²) >= 11 is 0. The Labute approximate surface area is 121 Å². The molecule has 21 heavy (non-hydrogen) atoms. The number of hydrogen-bond donors (Lipinski definition) is 2. The molecule has 0 radical (unpaired) electrons. The Morgan fingerprint density at radius 3 is 2.95 bits per heavy atom. The van der Waals surface area contributed by atoms with Crippen LogP contribution in [0.4, 0.5) is 0 Å². The van der Waals surface area contributed by atoms with E-state index in [0.29, 0.717) is 17.0 Å². The van der Waals surface area contributed by atoms with E-state index in [1.165, 1.54) is 13.3 Å². The summed E-state index contributed by atoms with van der Waals surface area (Å²) in [5.41, 5.74) is 1.95. The second-order valence-electron chi connectivity index (χ2n) is 5.70. The predicted molar refractivity (Wildman–Crippen MR) is 78.0 cm³/mol. The van der Waals surface area contributed by atoms with Gasteiger partial charge in [0, 0.05) is 24.6 Å². The van der Waals surface area contributed by atoms with Gasteiger partial charge in [-0.05, 0) is 18.8 Å². The van der Waals surface area contributed by atoms with E-state index < -0.39 is 0 Å². The van der Waals surface area contributed by atoms with Crippen LogP contribution in [0.3, 0.4) is 0 Å². The number of ether oxygens (including phenoxy) is 1. The minimum Gasteiger partial charge on any atom is -0.462 e. The maximum atomic E-state index is 11.8. The van der Waals surface area contributed by atoms with Gasteiger partial charge in [-0.3, -0.25) is 9.59 Å². The van der Waals surface area contributed by atoms with E-state index in [4.69, 9.17) is 4.74 Å². The normalized spacial score (nSPS) is 25.3. The van der Waals surface area contributed by atoms with Crippen molar-refractivity contribution < 1.29 is 9.53 Å². The highest BCUT2D eigenvalue weighted by molar-refractivity contribution is 5.78. The quantitative estimate of drug-likeness (QED) is 0.847. The van der Waals surface area contributed by atoms with Crippen LogP contribution < -0.4 is 5.56 Å². The molecule has 3 atom stereocenters. The first-order valence-electron chi connectivity index (χ1n) is 7.32. The standard InChI is InChI=1S/C15H19N3O3/c1-3-9-4-10(12(5-9)21-8(2)19)11-6-16-14-13(11)17-7-18-15(14)20/h6-7,9-10,12,16H,3-5H2,1-2H3,(H,17,18,20)/t9-,10-,12?/m0/s1. The minimum atomic E-state index is -0.257. The molecule has 1 unspecified atom stereocenters. The van der Waals surface area contributed by atoms with E-state index in [9.17, 15) is 9.59 Å². The number of hydrogen-bond acceptors (Lipinski definition) is 4. The van der Waals surface area contributed by atoms with Crippen LogP contribution in [0.15, 0.2) is 17.3 Å². The van der Waals surface area contributed by atoms with Gasteiger partial charge in [0.15, 0.2) is 0 Å². The van der Waals surface area contributed by atoms with Crippen LogP contribution in [0.2, 0.25) is 0 Å². The molecule has 2 aromatic rings. The molecule has 0 amide bonds. The van der Waals surface area contributed by atoms with Gasteiger partial charge in [-0.15, -0.1) is 0 Å². The zero-order chi connectivity index (χ0) is 15.0. The topological polar surface area (TPSA) is 87.8 Å². The fourth-order valence-corrected chi connectivity index (χ4v) is 3.36. The van der Waals surface area contributed by atoms with Gasteiger partial charge in [0.2, 0.25) is 0 Å². The Morgan fingerprint density at radius 1 is 1.43 bits per heavy atom. The zero-order valence-corrected chi connectivity index (χ0v) is 12.2. The Morgan fingerprint density at radius 2 is 2.24 bits per heavy atom. The smallest absolute Gasteiger partial charge is 0.302 e. The van der Waals surface area contributed by atoms with Crippen molar-refractivity contribution in [3.63, 3.8) is 0 Å². The van der Waals surface area contributed by atoms with Crippen LogP contribution in [-0.2, 0) is 9.53 Å². The highest BCUT2D eigenvalue weighted by atomic mass is 16.5. The number of carbonyl (C=O) groups is 1. The van der Waals surface area contributed by atoms with Crippen molar-refractivity contribution in [3.8, 4) is 0 Å². The lowest BCUT2D eigenvalue weighted by atomic mass is 9.96. The molecule has 6 heteroatoms. The number of H-pyrrole nitrogens is 2. The molecular formula is C15H19N3O3. The maximum absolute atomic E-state index is 11.8. The van der Waals surface area contributed by atoms with E-state index in [1.54, 1.807) is 0 Å². The van der Waals surface area contributed by atoms with Gasteiger partial charge in [0.05, 0.1) is 11.8 Å². The first-order valence-corrected chi connectivity index (χ1v) is 7.32. The molecule has 2 aromatic heterocycles. The molecule has 1 fully saturated rings. The Bertz CT molecular complexity index is 718. The Kier molecular flexibility index (Phi) is 3.53. The zero-order valence-electron chi connectivity index (χ0n) is 12.2. The Hall–Kier alpha value is -2.11. The fourth-order valence-electron chi connectivity index (χ4n) is 3.36. The highest BCUT2D eigenvalue weighted by Gasteiger charge is 2.38. The molecule has 1 aliphatic rings. The molecule has 2 heterocycles. The lowest BCUT2D eigenvalue weighted by molar-refractivity contribution is -0.146. The van der Waals surface area contributed by atoms with E-state index in [0.717, 1.165) is 24.8 Å². The summed E-state index contributed by atoms with van der Waals surface area (Å²) in [5, 5.41) is 0. The number of esters is 1. The maximum Gasteiger partial charge on any atom is 0.302 e. The molecular weight excluding hydrogens is 270 g/mol. The third kappa shape index (κ3) is 2.46. The van der Waals surface area contributed by atoms with Crippen LogP contribution >= 0.6 is 0 Å². The summed E-state index contributed by atoms with van der Waals surface area (Å²) in [4.78, 5) is 32.9. The van der Waals surface area contributed by atoms with Gasteiger partial charge < -0.3 is 14.7 Å². The van der Waals surface area contributed by atoms with Crippen LogP contribution in [0, 0.1) is 5.92 Å². The molecule has 112 valence electrons. The number of aromatic amines is 2. The third-order valence-electron chi connectivity index (χ3n) is 4.39. The Balaban J connectivity index is 2.01. The van der Waals surface area contributed by atoms with E-state index >= 15 is 0 Å². The van der Waals surface area contributed by atoms with E-state index in [1.807, 2.05) is 6.20 Å². The summed E-state index contributed by atoms with van der Waals surface area (Å²) in [6.45, 7) is 3.59. The molecule has 1 aliphatic carbocycles. The highest BCUT2D eigenvalue weighted by Crippen LogP contribution is 2.43. The van der Waals surface area contributed by atoms with Crippen LogP contribution in [0.1, 0.15) is 44.6 Å². The molecule has 3 rings (SSSR count). The van der Waals surface area contributed by atoms with Crippen LogP contribution in [0.25, 0.3) is 11.0 Å². The van der Waals surface area contributed by atoms with E-state index in [-0.39, 0.29) is 23.6 Å². The third-order valence-corrected chi connectivity index (χ3v) is 4.39. The van der Waals surface area contributed by atoms with Gasteiger partial charge >= 0.3 is 5.97 Å². The van der Waals surface area contributed by atoms with Gasteiger partial charge in [0.1, 0.15) is 11.6 Å². The number of carbonyl (C=O) groups excluding carboxylic acids is 1. The number of fused-ring (bicyclic) bond motifs is 1. The van der Waals surface area contributed by atoms with E-state index in [2.05, 4.69) is 21.9 Å². The second kappa shape index (κ2) is 5.35. The number of rotatable bonds is 3.